The normalized spacial score (nSPS) is 12.1. The molecule has 0 radical (unpaired) electrons. The highest BCUT2D eigenvalue weighted by atomic mass is 127. The first kappa shape index (κ1) is 23.7. The minimum absolute atomic E-state index is 0. The van der Waals surface area contributed by atoms with Gasteiger partial charge in [-0.1, -0.05) is 29.8 Å². The van der Waals surface area contributed by atoms with Gasteiger partial charge in [0.05, 0.1) is 18.8 Å². The van der Waals surface area contributed by atoms with E-state index in [4.69, 9.17) is 9.15 Å². The highest BCUT2D eigenvalue weighted by molar-refractivity contribution is 14.0. The SMILES string of the molecule is CN=C(NCc1coc(-c2ccc(C)cc2)n1)NCC(C)Oc1ccccc1F.I. The first-order valence-electron chi connectivity index (χ1n) is 9.42. The topological polar surface area (TPSA) is 71.7 Å². The minimum atomic E-state index is -0.378. The van der Waals surface area contributed by atoms with Gasteiger partial charge in [-0.2, -0.15) is 0 Å². The summed E-state index contributed by atoms with van der Waals surface area (Å²) in [7, 11) is 1.68. The standard InChI is InChI=1S/C22H25FN4O2.HI/c1-15-8-10-17(11-9-15)21-27-18(14-28-21)13-26-22(24-3)25-12-16(2)29-20-7-5-4-6-19(20)23;/h4-11,14,16H,12-13H2,1-3H3,(H2,24,25,26);1H. The molecule has 1 unspecified atom stereocenters. The van der Waals surface area contributed by atoms with Gasteiger partial charge in [0.2, 0.25) is 5.89 Å². The molecule has 1 atom stereocenters. The van der Waals surface area contributed by atoms with Crippen molar-refractivity contribution in [1.82, 2.24) is 15.6 Å². The van der Waals surface area contributed by atoms with E-state index in [2.05, 4.69) is 20.6 Å². The number of benzene rings is 2. The maximum absolute atomic E-state index is 13.7. The third-order valence-corrected chi connectivity index (χ3v) is 4.23. The fraction of sp³-hybridized carbons (Fsp3) is 0.273. The van der Waals surface area contributed by atoms with Crippen LogP contribution in [0.15, 0.2) is 64.2 Å². The van der Waals surface area contributed by atoms with E-state index in [1.54, 1.807) is 31.5 Å². The number of ether oxygens (including phenoxy) is 1. The number of oxazole rings is 1. The van der Waals surface area contributed by atoms with Gasteiger partial charge in [0.15, 0.2) is 17.5 Å². The molecule has 2 aromatic carbocycles. The number of aryl methyl sites for hydroxylation is 1. The van der Waals surface area contributed by atoms with Crippen LogP contribution in [0.5, 0.6) is 5.75 Å². The van der Waals surface area contributed by atoms with E-state index in [1.807, 2.05) is 38.1 Å². The molecule has 0 fully saturated rings. The zero-order valence-corrected chi connectivity index (χ0v) is 19.5. The third-order valence-electron chi connectivity index (χ3n) is 4.23. The van der Waals surface area contributed by atoms with Gasteiger partial charge < -0.3 is 19.8 Å². The smallest absolute Gasteiger partial charge is 0.226 e. The molecule has 0 spiro atoms. The number of nitrogens with zero attached hydrogens (tertiary/aromatic N) is 2. The molecule has 30 heavy (non-hydrogen) atoms. The highest BCUT2D eigenvalue weighted by Gasteiger charge is 2.10. The molecule has 3 rings (SSSR count). The van der Waals surface area contributed by atoms with Crippen molar-refractivity contribution in [3.05, 3.63) is 71.9 Å². The lowest BCUT2D eigenvalue weighted by molar-refractivity contribution is 0.214. The molecule has 0 aliphatic rings. The summed E-state index contributed by atoms with van der Waals surface area (Å²) < 4.78 is 24.9. The molecule has 0 saturated heterocycles. The number of para-hydroxylation sites is 1. The van der Waals surface area contributed by atoms with E-state index < -0.39 is 0 Å². The van der Waals surface area contributed by atoms with Crippen LogP contribution in [0.3, 0.4) is 0 Å². The van der Waals surface area contributed by atoms with E-state index in [0.717, 1.165) is 11.3 Å². The fourth-order valence-corrected chi connectivity index (χ4v) is 2.65. The van der Waals surface area contributed by atoms with E-state index in [9.17, 15) is 4.39 Å². The number of rotatable bonds is 7. The van der Waals surface area contributed by atoms with Crippen molar-refractivity contribution in [1.29, 1.82) is 0 Å². The Balaban J connectivity index is 0.00000320. The molecule has 3 aromatic rings. The van der Waals surface area contributed by atoms with Crippen molar-refractivity contribution in [3.8, 4) is 17.2 Å². The summed E-state index contributed by atoms with van der Waals surface area (Å²) in [4.78, 5) is 8.68. The Labute approximate surface area is 193 Å². The van der Waals surface area contributed by atoms with Crippen molar-refractivity contribution in [2.45, 2.75) is 26.5 Å². The molecule has 0 amide bonds. The van der Waals surface area contributed by atoms with Crippen molar-refractivity contribution in [2.24, 2.45) is 4.99 Å². The van der Waals surface area contributed by atoms with Crippen LogP contribution in [0.1, 0.15) is 18.2 Å². The van der Waals surface area contributed by atoms with E-state index >= 15 is 0 Å². The quantitative estimate of drug-likeness (QED) is 0.270. The lowest BCUT2D eigenvalue weighted by Gasteiger charge is -2.17. The molecule has 6 nitrogen and oxygen atoms in total. The Morgan fingerprint density at radius 3 is 2.60 bits per heavy atom. The summed E-state index contributed by atoms with van der Waals surface area (Å²) in [5, 5.41) is 6.33. The number of aliphatic imine (C=N–C) groups is 1. The first-order chi connectivity index (χ1) is 14.0. The van der Waals surface area contributed by atoms with E-state index in [0.29, 0.717) is 24.9 Å². The molecule has 0 bridgehead atoms. The second-order valence-electron chi connectivity index (χ2n) is 6.68. The molecule has 160 valence electrons. The first-order valence-corrected chi connectivity index (χ1v) is 9.42. The molecule has 2 N–H and O–H groups in total. The Morgan fingerprint density at radius 1 is 1.17 bits per heavy atom. The molecule has 1 aromatic heterocycles. The van der Waals surface area contributed by atoms with Crippen LogP contribution in [0, 0.1) is 12.7 Å². The zero-order chi connectivity index (χ0) is 20.6. The minimum Gasteiger partial charge on any atom is -0.486 e. The zero-order valence-electron chi connectivity index (χ0n) is 17.2. The lowest BCUT2D eigenvalue weighted by atomic mass is 10.1. The summed E-state index contributed by atoms with van der Waals surface area (Å²) in [6.45, 7) is 4.81. The Hall–Kier alpha value is -2.62. The fourth-order valence-electron chi connectivity index (χ4n) is 2.65. The van der Waals surface area contributed by atoms with Gasteiger partial charge in [0, 0.05) is 12.6 Å². The molecule has 0 aliphatic heterocycles. The van der Waals surface area contributed by atoms with Gasteiger partial charge >= 0.3 is 0 Å². The van der Waals surface area contributed by atoms with Crippen molar-refractivity contribution in [2.75, 3.05) is 13.6 Å². The van der Waals surface area contributed by atoms with Crippen LogP contribution < -0.4 is 15.4 Å². The van der Waals surface area contributed by atoms with E-state index in [1.165, 1.54) is 11.6 Å². The van der Waals surface area contributed by atoms with Gasteiger partial charge in [0.25, 0.3) is 0 Å². The third kappa shape index (κ3) is 6.72. The summed E-state index contributed by atoms with van der Waals surface area (Å²) in [6.07, 6.45) is 1.38. The Morgan fingerprint density at radius 2 is 1.90 bits per heavy atom. The summed E-state index contributed by atoms with van der Waals surface area (Å²) in [6, 6.07) is 14.4. The van der Waals surface area contributed by atoms with Crippen molar-refractivity contribution >= 4 is 29.9 Å². The summed E-state index contributed by atoms with van der Waals surface area (Å²) in [5.41, 5.74) is 2.88. The highest BCUT2D eigenvalue weighted by Crippen LogP contribution is 2.19. The average Bonchev–Trinajstić information content (AvgIpc) is 3.19. The largest absolute Gasteiger partial charge is 0.486 e. The van der Waals surface area contributed by atoms with Gasteiger partial charge in [-0.3, -0.25) is 4.99 Å². The monoisotopic (exact) mass is 524 g/mol. The predicted octanol–water partition coefficient (Wildman–Crippen LogP) is 4.54. The Kier molecular flexibility index (Phi) is 9.10. The number of aromatic nitrogens is 1. The van der Waals surface area contributed by atoms with Crippen LogP contribution in [0.25, 0.3) is 11.5 Å². The van der Waals surface area contributed by atoms with Crippen LogP contribution in [0.4, 0.5) is 4.39 Å². The number of hydrogen-bond acceptors (Lipinski definition) is 4. The van der Waals surface area contributed by atoms with Crippen LogP contribution in [-0.4, -0.2) is 30.6 Å². The number of halogens is 2. The van der Waals surface area contributed by atoms with Crippen LogP contribution in [-0.2, 0) is 6.54 Å². The Bertz CT molecular complexity index is 960. The molecule has 0 aliphatic carbocycles. The molecule has 0 saturated carbocycles. The molecular formula is C22H26FIN4O2. The van der Waals surface area contributed by atoms with Gasteiger partial charge in [-0.05, 0) is 38.1 Å². The van der Waals surface area contributed by atoms with Gasteiger partial charge in [-0.25, -0.2) is 9.37 Å². The van der Waals surface area contributed by atoms with Crippen LogP contribution in [0.2, 0.25) is 0 Å². The maximum atomic E-state index is 13.7. The van der Waals surface area contributed by atoms with Gasteiger partial charge in [0.1, 0.15) is 12.4 Å². The molecular weight excluding hydrogens is 498 g/mol. The number of guanidine groups is 1. The summed E-state index contributed by atoms with van der Waals surface area (Å²) in [5.74, 6) is 1.03. The number of hydrogen-bond donors (Lipinski definition) is 2. The second kappa shape index (κ2) is 11.5. The maximum Gasteiger partial charge on any atom is 0.226 e. The average molecular weight is 524 g/mol. The summed E-state index contributed by atoms with van der Waals surface area (Å²) >= 11 is 0. The van der Waals surface area contributed by atoms with Crippen molar-refractivity contribution in [3.63, 3.8) is 0 Å². The van der Waals surface area contributed by atoms with Crippen LogP contribution >= 0.6 is 24.0 Å². The lowest BCUT2D eigenvalue weighted by Crippen LogP contribution is -2.41. The van der Waals surface area contributed by atoms with Gasteiger partial charge in [-0.15, -0.1) is 24.0 Å². The predicted molar refractivity (Wildman–Crippen MR) is 127 cm³/mol. The molecule has 1 heterocycles. The number of nitrogens with one attached hydrogen (secondary N) is 2. The molecule has 8 heteroatoms. The van der Waals surface area contributed by atoms with E-state index in [-0.39, 0.29) is 41.6 Å². The van der Waals surface area contributed by atoms with Crippen molar-refractivity contribution < 1.29 is 13.5 Å². The second-order valence-corrected chi connectivity index (χ2v) is 6.68.